The minimum Gasteiger partial charge on any atom is -0.341 e. The van der Waals surface area contributed by atoms with Crippen molar-refractivity contribution in [2.45, 2.75) is 6.42 Å². The number of nitrogens with zero attached hydrogens (tertiary/aromatic N) is 1. The molecule has 0 spiro atoms. The smallest absolute Gasteiger partial charge is 0.318 e. The van der Waals surface area contributed by atoms with Crippen LogP contribution in [0.1, 0.15) is 5.56 Å². The van der Waals surface area contributed by atoms with Crippen LogP contribution in [-0.4, -0.2) is 26.0 Å². The Morgan fingerprint density at radius 3 is 2.88 bits per heavy atom. The second-order valence-electron chi connectivity index (χ2n) is 3.68. The van der Waals surface area contributed by atoms with Gasteiger partial charge in [0.05, 0.1) is 6.42 Å². The van der Waals surface area contributed by atoms with Gasteiger partial charge in [-0.15, -0.1) is 0 Å². The molecule has 0 fully saturated rings. The molecule has 2 rings (SSSR count). The van der Waals surface area contributed by atoms with E-state index in [2.05, 4.69) is 10.6 Å². The molecular formula is C11H13N3O2. The lowest BCUT2D eigenvalue weighted by Crippen LogP contribution is -2.24. The first-order valence-electron chi connectivity index (χ1n) is 5.00. The summed E-state index contributed by atoms with van der Waals surface area (Å²) in [5, 5.41) is 5.14. The molecule has 84 valence electrons. The first-order chi connectivity index (χ1) is 7.61. The van der Waals surface area contributed by atoms with Gasteiger partial charge in [0.25, 0.3) is 0 Å². The van der Waals surface area contributed by atoms with E-state index in [9.17, 15) is 9.59 Å². The molecule has 0 saturated carbocycles. The van der Waals surface area contributed by atoms with Gasteiger partial charge in [-0.3, -0.25) is 4.79 Å². The quantitative estimate of drug-likeness (QED) is 0.739. The minimum atomic E-state index is -0.266. The van der Waals surface area contributed by atoms with Gasteiger partial charge in [0.2, 0.25) is 5.91 Å². The van der Waals surface area contributed by atoms with E-state index in [0.29, 0.717) is 12.1 Å². The van der Waals surface area contributed by atoms with Crippen molar-refractivity contribution in [3.63, 3.8) is 0 Å². The van der Waals surface area contributed by atoms with Crippen LogP contribution in [-0.2, 0) is 11.2 Å². The zero-order chi connectivity index (χ0) is 11.7. The zero-order valence-corrected chi connectivity index (χ0v) is 9.20. The van der Waals surface area contributed by atoms with Gasteiger partial charge < -0.3 is 15.5 Å². The number of urea groups is 1. The minimum absolute atomic E-state index is 0.0760. The highest BCUT2D eigenvalue weighted by Gasteiger charge is 2.23. The summed E-state index contributed by atoms with van der Waals surface area (Å²) < 4.78 is 0. The predicted molar refractivity (Wildman–Crippen MR) is 61.6 cm³/mol. The van der Waals surface area contributed by atoms with E-state index in [1.165, 1.54) is 0 Å². The van der Waals surface area contributed by atoms with Crippen molar-refractivity contribution < 1.29 is 9.59 Å². The summed E-state index contributed by atoms with van der Waals surface area (Å²) in [7, 11) is 3.31. The summed E-state index contributed by atoms with van der Waals surface area (Å²) in [6, 6.07) is 5.18. The highest BCUT2D eigenvalue weighted by Crippen LogP contribution is 2.29. The van der Waals surface area contributed by atoms with Crippen molar-refractivity contribution in [1.82, 2.24) is 5.32 Å². The average Bonchev–Trinajstić information content (AvgIpc) is 2.54. The molecule has 0 atom stereocenters. The molecule has 1 heterocycles. The van der Waals surface area contributed by atoms with Crippen molar-refractivity contribution in [3.8, 4) is 0 Å². The van der Waals surface area contributed by atoms with Crippen LogP contribution in [0.2, 0.25) is 0 Å². The Hall–Kier alpha value is -2.04. The van der Waals surface area contributed by atoms with Gasteiger partial charge in [-0.1, -0.05) is 0 Å². The predicted octanol–water partition coefficient (Wildman–Crippen LogP) is 0.957. The van der Waals surface area contributed by atoms with Crippen LogP contribution in [0, 0.1) is 0 Å². The number of benzene rings is 1. The molecule has 0 aromatic heterocycles. The van der Waals surface area contributed by atoms with Crippen LogP contribution in [0.4, 0.5) is 16.2 Å². The van der Waals surface area contributed by atoms with Crippen LogP contribution in [0.3, 0.4) is 0 Å². The van der Waals surface area contributed by atoms with Gasteiger partial charge in [0.1, 0.15) is 0 Å². The molecule has 0 unspecified atom stereocenters. The monoisotopic (exact) mass is 219 g/mol. The number of anilines is 2. The Morgan fingerprint density at radius 2 is 2.19 bits per heavy atom. The first-order valence-corrected chi connectivity index (χ1v) is 5.00. The van der Waals surface area contributed by atoms with E-state index in [0.717, 1.165) is 11.3 Å². The zero-order valence-electron chi connectivity index (χ0n) is 9.20. The molecule has 2 N–H and O–H groups in total. The maximum atomic E-state index is 11.4. The Kier molecular flexibility index (Phi) is 2.52. The van der Waals surface area contributed by atoms with Gasteiger partial charge in [0, 0.05) is 25.5 Å². The fraction of sp³-hybridized carbons (Fsp3) is 0.273. The van der Waals surface area contributed by atoms with E-state index >= 15 is 0 Å². The van der Waals surface area contributed by atoms with Crippen LogP contribution in [0.5, 0.6) is 0 Å². The van der Waals surface area contributed by atoms with Gasteiger partial charge >= 0.3 is 6.03 Å². The molecule has 16 heavy (non-hydrogen) atoms. The highest BCUT2D eigenvalue weighted by molar-refractivity contribution is 6.01. The molecule has 0 bridgehead atoms. The first kappa shape index (κ1) is 10.5. The molecule has 1 aliphatic heterocycles. The summed E-state index contributed by atoms with van der Waals surface area (Å²) in [5.41, 5.74) is 2.55. The number of hydrogen-bond acceptors (Lipinski definition) is 2. The summed E-state index contributed by atoms with van der Waals surface area (Å²) in [6.07, 6.45) is 0.398. The standard InChI is InChI=1S/C11H13N3O2/c1-12-11(16)13-8-3-4-9-7(5-8)6-10(15)14(9)2/h3-5H,6H2,1-2H3,(H2,12,13,16). The van der Waals surface area contributed by atoms with Crippen molar-refractivity contribution in [3.05, 3.63) is 23.8 Å². The summed E-state index contributed by atoms with van der Waals surface area (Å²) in [5.74, 6) is 0.0760. The Labute approximate surface area is 93.4 Å². The molecule has 1 aliphatic rings. The molecular weight excluding hydrogens is 206 g/mol. The van der Waals surface area contributed by atoms with Gasteiger partial charge in [0.15, 0.2) is 0 Å². The molecule has 1 aromatic carbocycles. The number of carbonyl (C=O) groups excluding carboxylic acids is 2. The normalized spacial score (nSPS) is 13.6. The van der Waals surface area contributed by atoms with E-state index in [1.54, 1.807) is 25.1 Å². The van der Waals surface area contributed by atoms with Gasteiger partial charge in [-0.25, -0.2) is 4.79 Å². The Morgan fingerprint density at radius 1 is 1.44 bits per heavy atom. The summed E-state index contributed by atoms with van der Waals surface area (Å²) >= 11 is 0. The van der Waals surface area contributed by atoms with Gasteiger partial charge in [-0.05, 0) is 23.8 Å². The van der Waals surface area contributed by atoms with E-state index in [1.807, 2.05) is 12.1 Å². The van der Waals surface area contributed by atoms with E-state index < -0.39 is 0 Å². The maximum Gasteiger partial charge on any atom is 0.318 e. The number of likely N-dealkylation sites (N-methyl/N-ethyl adjacent to an activating group) is 1. The third-order valence-electron chi connectivity index (χ3n) is 2.64. The van der Waals surface area contributed by atoms with Gasteiger partial charge in [-0.2, -0.15) is 0 Å². The van der Waals surface area contributed by atoms with Crippen LogP contribution >= 0.6 is 0 Å². The molecule has 5 heteroatoms. The number of amides is 3. The molecule has 0 radical (unpaired) electrons. The number of carbonyl (C=O) groups is 2. The third-order valence-corrected chi connectivity index (χ3v) is 2.64. The third kappa shape index (κ3) is 1.71. The van der Waals surface area contributed by atoms with Crippen molar-refractivity contribution >= 4 is 23.3 Å². The topological polar surface area (TPSA) is 61.4 Å². The second kappa shape index (κ2) is 3.84. The van der Waals surface area contributed by atoms with Crippen LogP contribution in [0.25, 0.3) is 0 Å². The summed E-state index contributed by atoms with van der Waals surface area (Å²) in [6.45, 7) is 0. The van der Waals surface area contributed by atoms with Crippen LogP contribution < -0.4 is 15.5 Å². The summed E-state index contributed by atoms with van der Waals surface area (Å²) in [4.78, 5) is 24.2. The van der Waals surface area contributed by atoms with Crippen molar-refractivity contribution in [2.24, 2.45) is 0 Å². The number of hydrogen-bond donors (Lipinski definition) is 2. The molecule has 3 amide bonds. The van der Waals surface area contributed by atoms with Crippen molar-refractivity contribution in [1.29, 1.82) is 0 Å². The van der Waals surface area contributed by atoms with Crippen molar-refractivity contribution in [2.75, 3.05) is 24.3 Å². The highest BCUT2D eigenvalue weighted by atomic mass is 16.2. The maximum absolute atomic E-state index is 11.4. The molecule has 0 aliphatic carbocycles. The SMILES string of the molecule is CNC(=O)Nc1ccc2c(c1)CC(=O)N2C. The van der Waals surface area contributed by atoms with E-state index in [4.69, 9.17) is 0 Å². The van der Waals surface area contributed by atoms with Crippen LogP contribution in [0.15, 0.2) is 18.2 Å². The molecule has 5 nitrogen and oxygen atoms in total. The Balaban J connectivity index is 2.25. The lowest BCUT2D eigenvalue weighted by Gasteiger charge is -2.10. The number of fused-ring (bicyclic) bond motifs is 1. The lowest BCUT2D eigenvalue weighted by molar-refractivity contribution is -0.117. The number of rotatable bonds is 1. The second-order valence-corrected chi connectivity index (χ2v) is 3.68. The Bertz CT molecular complexity index is 457. The lowest BCUT2D eigenvalue weighted by atomic mass is 10.1. The molecule has 1 aromatic rings. The number of nitrogens with one attached hydrogen (secondary N) is 2. The fourth-order valence-corrected chi connectivity index (χ4v) is 1.74. The largest absolute Gasteiger partial charge is 0.341 e. The fourth-order valence-electron chi connectivity index (χ4n) is 1.74. The van der Waals surface area contributed by atoms with E-state index in [-0.39, 0.29) is 11.9 Å². The average molecular weight is 219 g/mol. The molecule has 0 saturated heterocycles.